The van der Waals surface area contributed by atoms with Gasteiger partial charge < -0.3 is 10.6 Å². The van der Waals surface area contributed by atoms with Crippen LogP contribution in [0.25, 0.3) is 0 Å². The van der Waals surface area contributed by atoms with Gasteiger partial charge in [-0.2, -0.15) is 0 Å². The van der Waals surface area contributed by atoms with Crippen molar-refractivity contribution in [1.29, 1.82) is 0 Å². The van der Waals surface area contributed by atoms with Gasteiger partial charge in [-0.25, -0.2) is 4.39 Å². The van der Waals surface area contributed by atoms with Crippen LogP contribution in [0.3, 0.4) is 0 Å². The Kier molecular flexibility index (Phi) is 6.07. The van der Waals surface area contributed by atoms with Crippen LogP contribution in [0, 0.1) is 5.82 Å². The van der Waals surface area contributed by atoms with E-state index in [0.717, 1.165) is 0 Å². The Morgan fingerprint density at radius 3 is 2.12 bits per heavy atom. The van der Waals surface area contributed by atoms with Gasteiger partial charge in [0.1, 0.15) is 5.82 Å². The fourth-order valence-corrected chi connectivity index (χ4v) is 2.23. The lowest BCUT2D eigenvalue weighted by Crippen LogP contribution is -2.30. The quantitative estimate of drug-likeness (QED) is 0.856. The molecule has 24 heavy (non-hydrogen) atoms. The third-order valence-corrected chi connectivity index (χ3v) is 3.47. The summed E-state index contributed by atoms with van der Waals surface area (Å²) in [6, 6.07) is 13.0. The first-order valence-corrected chi connectivity index (χ1v) is 7.90. The number of rotatable bonds is 6. The second-order valence-corrected chi connectivity index (χ2v) is 5.80. The van der Waals surface area contributed by atoms with Crippen LogP contribution in [-0.4, -0.2) is 24.4 Å². The number of amides is 2. The molecule has 2 rings (SSSR count). The molecule has 0 bridgehead atoms. The summed E-state index contributed by atoms with van der Waals surface area (Å²) >= 11 is 0. The molecule has 4 nitrogen and oxygen atoms in total. The van der Waals surface area contributed by atoms with Gasteiger partial charge in [-0.15, -0.1) is 0 Å². The number of nitrogens with one attached hydrogen (secondary N) is 2. The second-order valence-electron chi connectivity index (χ2n) is 5.80. The van der Waals surface area contributed by atoms with Gasteiger partial charge >= 0.3 is 0 Å². The fourth-order valence-electron chi connectivity index (χ4n) is 2.23. The van der Waals surface area contributed by atoms with Crippen LogP contribution in [0.4, 0.5) is 4.39 Å². The number of carbonyl (C=O) groups is 2. The smallest absolute Gasteiger partial charge is 0.251 e. The third kappa shape index (κ3) is 4.91. The van der Waals surface area contributed by atoms with Gasteiger partial charge in [0, 0.05) is 23.7 Å². The van der Waals surface area contributed by atoms with Crippen LogP contribution in [0.15, 0.2) is 48.5 Å². The Labute approximate surface area is 141 Å². The number of hydrogen-bond donors (Lipinski definition) is 2. The minimum absolute atomic E-state index is 0.0545. The molecule has 0 aliphatic rings. The summed E-state index contributed by atoms with van der Waals surface area (Å²) in [5.74, 6) is -0.689. The number of carbonyl (C=O) groups excluding carboxylic acids is 2. The minimum atomic E-state index is -0.271. The van der Waals surface area contributed by atoms with Crippen molar-refractivity contribution in [3.63, 3.8) is 0 Å². The lowest BCUT2D eigenvalue weighted by atomic mass is 10.1. The number of halogens is 1. The van der Waals surface area contributed by atoms with E-state index in [2.05, 4.69) is 10.6 Å². The lowest BCUT2D eigenvalue weighted by Gasteiger charge is -2.09. The van der Waals surface area contributed by atoms with Crippen molar-refractivity contribution < 1.29 is 14.0 Å². The average molecular weight is 328 g/mol. The molecule has 0 saturated heterocycles. The van der Waals surface area contributed by atoms with Crippen LogP contribution < -0.4 is 10.6 Å². The van der Waals surface area contributed by atoms with E-state index in [1.165, 1.54) is 6.07 Å². The van der Waals surface area contributed by atoms with Gasteiger partial charge in [0.25, 0.3) is 11.8 Å². The van der Waals surface area contributed by atoms with Crippen molar-refractivity contribution in [2.24, 2.45) is 0 Å². The van der Waals surface area contributed by atoms with E-state index in [1.807, 2.05) is 13.8 Å². The van der Waals surface area contributed by atoms with Crippen LogP contribution in [-0.2, 0) is 6.42 Å². The first kappa shape index (κ1) is 17.7. The summed E-state index contributed by atoms with van der Waals surface area (Å²) in [5.41, 5.74) is 1.54. The summed E-state index contributed by atoms with van der Waals surface area (Å²) in [6.07, 6.45) is 0.424. The van der Waals surface area contributed by atoms with E-state index < -0.39 is 0 Å². The lowest BCUT2D eigenvalue weighted by molar-refractivity contribution is 0.0935. The molecule has 2 amide bonds. The molecule has 2 N–H and O–H groups in total. The van der Waals surface area contributed by atoms with Crippen molar-refractivity contribution >= 4 is 11.8 Å². The van der Waals surface area contributed by atoms with Crippen molar-refractivity contribution in [2.45, 2.75) is 26.3 Å². The molecular formula is C19H21FN2O2. The highest BCUT2D eigenvalue weighted by atomic mass is 19.1. The standard InChI is InChI=1S/C19H21FN2O2/c1-13(2)22-19(24)16-9-7-15(8-10-16)18(23)21-12-11-14-5-3-4-6-17(14)20/h3-10,13H,11-12H2,1-2H3,(H,21,23)(H,22,24). The molecule has 0 saturated carbocycles. The maximum atomic E-state index is 13.5. The van der Waals surface area contributed by atoms with Crippen molar-refractivity contribution in [3.8, 4) is 0 Å². The summed E-state index contributed by atoms with van der Waals surface area (Å²) in [7, 11) is 0. The molecule has 0 aromatic heterocycles. The average Bonchev–Trinajstić information content (AvgIpc) is 2.56. The van der Waals surface area contributed by atoms with Crippen LogP contribution in [0.2, 0.25) is 0 Å². The highest BCUT2D eigenvalue weighted by Gasteiger charge is 2.10. The van der Waals surface area contributed by atoms with E-state index in [4.69, 9.17) is 0 Å². The Morgan fingerprint density at radius 2 is 1.54 bits per heavy atom. The topological polar surface area (TPSA) is 58.2 Å². The number of hydrogen-bond acceptors (Lipinski definition) is 2. The van der Waals surface area contributed by atoms with E-state index in [1.54, 1.807) is 42.5 Å². The summed E-state index contributed by atoms with van der Waals surface area (Å²) in [6.45, 7) is 4.11. The van der Waals surface area contributed by atoms with E-state index in [9.17, 15) is 14.0 Å². The normalized spacial score (nSPS) is 10.5. The van der Waals surface area contributed by atoms with E-state index in [0.29, 0.717) is 29.7 Å². The molecule has 2 aromatic rings. The molecule has 0 unspecified atom stereocenters. The zero-order chi connectivity index (χ0) is 17.5. The molecule has 0 aliphatic heterocycles. The number of benzene rings is 2. The molecule has 0 atom stereocenters. The summed E-state index contributed by atoms with van der Waals surface area (Å²) in [4.78, 5) is 23.9. The van der Waals surface area contributed by atoms with Crippen LogP contribution in [0.5, 0.6) is 0 Å². The predicted octanol–water partition coefficient (Wildman–Crippen LogP) is 2.94. The molecule has 0 spiro atoms. The van der Waals surface area contributed by atoms with Crippen molar-refractivity contribution in [3.05, 3.63) is 71.0 Å². The van der Waals surface area contributed by atoms with Crippen LogP contribution >= 0.6 is 0 Å². The summed E-state index contributed by atoms with van der Waals surface area (Å²) in [5, 5.41) is 5.54. The first-order valence-electron chi connectivity index (χ1n) is 7.90. The maximum absolute atomic E-state index is 13.5. The van der Waals surface area contributed by atoms with Gasteiger partial charge in [-0.05, 0) is 56.2 Å². The largest absolute Gasteiger partial charge is 0.352 e. The SMILES string of the molecule is CC(C)NC(=O)c1ccc(C(=O)NCCc2ccccc2F)cc1. The van der Waals surface area contributed by atoms with Crippen molar-refractivity contribution in [2.75, 3.05) is 6.54 Å². The highest BCUT2D eigenvalue weighted by molar-refractivity contribution is 5.97. The van der Waals surface area contributed by atoms with Gasteiger partial charge in [0.2, 0.25) is 0 Å². The fraction of sp³-hybridized carbons (Fsp3) is 0.263. The Bertz CT molecular complexity index is 712. The molecular weight excluding hydrogens is 307 g/mol. The van der Waals surface area contributed by atoms with Gasteiger partial charge in [0.05, 0.1) is 0 Å². The first-order chi connectivity index (χ1) is 11.5. The Hall–Kier alpha value is -2.69. The Balaban J connectivity index is 1.88. The zero-order valence-electron chi connectivity index (χ0n) is 13.8. The predicted molar refractivity (Wildman–Crippen MR) is 91.5 cm³/mol. The molecule has 2 aromatic carbocycles. The Morgan fingerprint density at radius 1 is 0.958 bits per heavy atom. The van der Waals surface area contributed by atoms with Gasteiger partial charge in [0.15, 0.2) is 0 Å². The molecule has 126 valence electrons. The third-order valence-electron chi connectivity index (χ3n) is 3.47. The van der Waals surface area contributed by atoms with Gasteiger partial charge in [-0.1, -0.05) is 18.2 Å². The highest BCUT2D eigenvalue weighted by Crippen LogP contribution is 2.07. The molecule has 5 heteroatoms. The molecule has 0 radical (unpaired) electrons. The molecule has 0 fully saturated rings. The van der Waals surface area contributed by atoms with E-state index >= 15 is 0 Å². The maximum Gasteiger partial charge on any atom is 0.251 e. The zero-order valence-corrected chi connectivity index (χ0v) is 13.8. The van der Waals surface area contributed by atoms with Crippen molar-refractivity contribution in [1.82, 2.24) is 10.6 Å². The second kappa shape index (κ2) is 8.24. The minimum Gasteiger partial charge on any atom is -0.352 e. The van der Waals surface area contributed by atoms with Gasteiger partial charge in [-0.3, -0.25) is 9.59 Å². The summed E-state index contributed by atoms with van der Waals surface area (Å²) < 4.78 is 13.5. The monoisotopic (exact) mass is 328 g/mol. The molecule has 0 heterocycles. The van der Waals surface area contributed by atoms with Crippen LogP contribution in [0.1, 0.15) is 40.1 Å². The van der Waals surface area contributed by atoms with E-state index in [-0.39, 0.29) is 23.7 Å². The molecule has 0 aliphatic carbocycles.